The van der Waals surface area contributed by atoms with E-state index in [9.17, 15) is 4.79 Å². The predicted molar refractivity (Wildman–Crippen MR) is 84.5 cm³/mol. The SMILES string of the molecule is COC(=O)c1ccc2[nH]c(CC3CCC(C)CC3)cc2c1. The number of carbonyl (C=O) groups is 1. The lowest BCUT2D eigenvalue weighted by atomic mass is 9.81. The van der Waals surface area contributed by atoms with E-state index >= 15 is 0 Å². The number of aromatic nitrogens is 1. The van der Waals surface area contributed by atoms with E-state index in [0.29, 0.717) is 5.56 Å². The number of nitrogens with one attached hydrogen (secondary N) is 1. The van der Waals surface area contributed by atoms with Gasteiger partial charge in [-0.05, 0) is 55.4 Å². The molecule has 0 bridgehead atoms. The van der Waals surface area contributed by atoms with Crippen LogP contribution in [0.3, 0.4) is 0 Å². The predicted octanol–water partition coefficient (Wildman–Crippen LogP) is 4.32. The summed E-state index contributed by atoms with van der Waals surface area (Å²) >= 11 is 0. The topological polar surface area (TPSA) is 42.1 Å². The van der Waals surface area contributed by atoms with Gasteiger partial charge in [0.05, 0.1) is 12.7 Å². The number of esters is 1. The van der Waals surface area contributed by atoms with Gasteiger partial charge in [-0.2, -0.15) is 0 Å². The standard InChI is InChI=1S/C18H23NO2/c1-12-3-5-13(6-4-12)9-16-11-15-10-14(18(20)21-2)7-8-17(15)19-16/h7-8,10-13,19H,3-6,9H2,1-2H3. The van der Waals surface area contributed by atoms with Crippen LogP contribution in [0, 0.1) is 11.8 Å². The third-order valence-electron chi connectivity index (χ3n) is 4.74. The lowest BCUT2D eigenvalue weighted by Crippen LogP contribution is -2.14. The van der Waals surface area contributed by atoms with Gasteiger partial charge in [0.2, 0.25) is 0 Å². The van der Waals surface area contributed by atoms with Crippen molar-refractivity contribution in [1.82, 2.24) is 4.98 Å². The van der Waals surface area contributed by atoms with Crippen LogP contribution in [0.15, 0.2) is 24.3 Å². The van der Waals surface area contributed by atoms with Crippen molar-refractivity contribution in [2.75, 3.05) is 7.11 Å². The van der Waals surface area contributed by atoms with Crippen LogP contribution in [0.4, 0.5) is 0 Å². The van der Waals surface area contributed by atoms with E-state index in [4.69, 9.17) is 4.74 Å². The molecular formula is C18H23NO2. The van der Waals surface area contributed by atoms with Crippen LogP contribution in [-0.4, -0.2) is 18.1 Å². The van der Waals surface area contributed by atoms with Gasteiger partial charge in [0.15, 0.2) is 0 Å². The normalized spacial score (nSPS) is 22.4. The zero-order valence-corrected chi connectivity index (χ0v) is 12.8. The summed E-state index contributed by atoms with van der Waals surface area (Å²) in [5, 5.41) is 1.09. The van der Waals surface area contributed by atoms with E-state index < -0.39 is 0 Å². The molecule has 0 unspecified atom stereocenters. The van der Waals surface area contributed by atoms with Crippen molar-refractivity contribution in [3.05, 3.63) is 35.5 Å². The van der Waals surface area contributed by atoms with E-state index in [2.05, 4.69) is 18.0 Å². The first kappa shape index (κ1) is 14.2. The molecule has 0 aliphatic heterocycles. The van der Waals surface area contributed by atoms with Gasteiger partial charge in [-0.15, -0.1) is 0 Å². The Morgan fingerprint density at radius 3 is 2.71 bits per heavy atom. The minimum atomic E-state index is -0.277. The average Bonchev–Trinajstić information content (AvgIpc) is 2.90. The van der Waals surface area contributed by atoms with Gasteiger partial charge in [-0.3, -0.25) is 0 Å². The number of benzene rings is 1. The number of aromatic amines is 1. The van der Waals surface area contributed by atoms with Crippen molar-refractivity contribution in [3.63, 3.8) is 0 Å². The number of H-pyrrole nitrogens is 1. The third-order valence-corrected chi connectivity index (χ3v) is 4.74. The molecule has 3 heteroatoms. The largest absolute Gasteiger partial charge is 0.465 e. The van der Waals surface area contributed by atoms with E-state index in [1.165, 1.54) is 38.5 Å². The molecule has 1 saturated carbocycles. The van der Waals surface area contributed by atoms with Gasteiger partial charge in [0, 0.05) is 16.6 Å². The molecule has 1 N–H and O–H groups in total. The zero-order chi connectivity index (χ0) is 14.8. The second kappa shape index (κ2) is 5.92. The van der Waals surface area contributed by atoms with Crippen LogP contribution < -0.4 is 0 Å². The van der Waals surface area contributed by atoms with Crippen molar-refractivity contribution in [3.8, 4) is 0 Å². The molecule has 1 heterocycles. The summed E-state index contributed by atoms with van der Waals surface area (Å²) in [6, 6.07) is 7.87. The Morgan fingerprint density at radius 2 is 2.00 bits per heavy atom. The molecule has 1 aliphatic rings. The molecule has 0 radical (unpaired) electrons. The summed E-state index contributed by atoms with van der Waals surface area (Å²) in [5.74, 6) is 1.42. The molecule has 1 fully saturated rings. The Bertz CT molecular complexity index is 636. The minimum Gasteiger partial charge on any atom is -0.465 e. The summed E-state index contributed by atoms with van der Waals surface area (Å²) in [6.07, 6.45) is 6.51. The number of carbonyl (C=O) groups excluding carboxylic acids is 1. The highest BCUT2D eigenvalue weighted by atomic mass is 16.5. The Balaban J connectivity index is 1.76. The highest BCUT2D eigenvalue weighted by Crippen LogP contribution is 2.31. The Labute approximate surface area is 125 Å². The fourth-order valence-corrected chi connectivity index (χ4v) is 3.39. The van der Waals surface area contributed by atoms with Crippen LogP contribution in [0.25, 0.3) is 10.9 Å². The van der Waals surface area contributed by atoms with Gasteiger partial charge in [0.25, 0.3) is 0 Å². The van der Waals surface area contributed by atoms with Gasteiger partial charge < -0.3 is 9.72 Å². The first-order chi connectivity index (χ1) is 10.2. The van der Waals surface area contributed by atoms with Crippen LogP contribution in [0.2, 0.25) is 0 Å². The fourth-order valence-electron chi connectivity index (χ4n) is 3.39. The van der Waals surface area contributed by atoms with Gasteiger partial charge in [-0.25, -0.2) is 4.79 Å². The first-order valence-corrected chi connectivity index (χ1v) is 7.85. The van der Waals surface area contributed by atoms with E-state index in [1.54, 1.807) is 0 Å². The molecule has 21 heavy (non-hydrogen) atoms. The maximum absolute atomic E-state index is 11.6. The molecule has 0 amide bonds. The lowest BCUT2D eigenvalue weighted by molar-refractivity contribution is 0.0601. The van der Waals surface area contributed by atoms with Crippen molar-refractivity contribution < 1.29 is 9.53 Å². The molecular weight excluding hydrogens is 262 g/mol. The highest BCUT2D eigenvalue weighted by Gasteiger charge is 2.19. The molecule has 0 atom stereocenters. The fraction of sp³-hybridized carbons (Fsp3) is 0.500. The Morgan fingerprint density at radius 1 is 1.24 bits per heavy atom. The van der Waals surface area contributed by atoms with Crippen LogP contribution in [-0.2, 0) is 11.2 Å². The molecule has 0 spiro atoms. The minimum absolute atomic E-state index is 0.277. The lowest BCUT2D eigenvalue weighted by Gasteiger charge is -2.25. The number of methoxy groups -OCH3 is 1. The number of hydrogen-bond donors (Lipinski definition) is 1. The molecule has 1 aromatic carbocycles. The zero-order valence-electron chi connectivity index (χ0n) is 12.8. The van der Waals surface area contributed by atoms with Crippen LogP contribution in [0.5, 0.6) is 0 Å². The van der Waals surface area contributed by atoms with E-state index in [0.717, 1.165) is 29.2 Å². The van der Waals surface area contributed by atoms with Crippen molar-refractivity contribution in [1.29, 1.82) is 0 Å². The number of fused-ring (bicyclic) bond motifs is 1. The van der Waals surface area contributed by atoms with E-state index in [1.807, 2.05) is 18.2 Å². The number of ether oxygens (including phenoxy) is 1. The van der Waals surface area contributed by atoms with Crippen LogP contribution in [0.1, 0.15) is 48.7 Å². The second-order valence-corrected chi connectivity index (χ2v) is 6.42. The summed E-state index contributed by atoms with van der Waals surface area (Å²) in [5.41, 5.74) is 3.00. The van der Waals surface area contributed by atoms with Gasteiger partial charge >= 0.3 is 5.97 Å². The summed E-state index contributed by atoms with van der Waals surface area (Å²) in [6.45, 7) is 2.35. The molecule has 3 nitrogen and oxygen atoms in total. The van der Waals surface area contributed by atoms with Crippen LogP contribution >= 0.6 is 0 Å². The Kier molecular flexibility index (Phi) is 4.00. The first-order valence-electron chi connectivity index (χ1n) is 7.85. The quantitative estimate of drug-likeness (QED) is 0.853. The highest BCUT2D eigenvalue weighted by molar-refractivity contribution is 5.94. The maximum Gasteiger partial charge on any atom is 0.337 e. The number of rotatable bonds is 3. The summed E-state index contributed by atoms with van der Waals surface area (Å²) < 4.78 is 4.77. The van der Waals surface area contributed by atoms with Crippen molar-refractivity contribution in [2.45, 2.75) is 39.0 Å². The monoisotopic (exact) mass is 285 g/mol. The average molecular weight is 285 g/mol. The molecule has 1 aromatic heterocycles. The molecule has 2 aromatic rings. The maximum atomic E-state index is 11.6. The second-order valence-electron chi connectivity index (χ2n) is 6.42. The summed E-state index contributed by atoms with van der Waals surface area (Å²) in [7, 11) is 1.42. The van der Waals surface area contributed by atoms with E-state index in [-0.39, 0.29) is 5.97 Å². The Hall–Kier alpha value is -1.77. The smallest absolute Gasteiger partial charge is 0.337 e. The van der Waals surface area contributed by atoms with Crippen molar-refractivity contribution in [2.24, 2.45) is 11.8 Å². The third kappa shape index (κ3) is 3.12. The van der Waals surface area contributed by atoms with Crippen molar-refractivity contribution >= 4 is 16.9 Å². The molecule has 3 rings (SSSR count). The number of hydrogen-bond acceptors (Lipinski definition) is 2. The molecule has 1 aliphatic carbocycles. The summed E-state index contributed by atoms with van der Waals surface area (Å²) in [4.78, 5) is 15.1. The van der Waals surface area contributed by atoms with Gasteiger partial charge in [0.1, 0.15) is 0 Å². The molecule has 0 saturated heterocycles. The molecule has 112 valence electrons. The van der Waals surface area contributed by atoms with Gasteiger partial charge in [-0.1, -0.05) is 19.8 Å².